The number of hydrogen-bond acceptors (Lipinski definition) is 3. The Balaban J connectivity index is 2.48. The Labute approximate surface area is 133 Å². The summed E-state index contributed by atoms with van der Waals surface area (Å²) in [6.45, 7) is 9.79. The van der Waals surface area contributed by atoms with Gasteiger partial charge in [0.15, 0.2) is 0 Å². The Hall–Kier alpha value is -0.770. The van der Waals surface area contributed by atoms with Gasteiger partial charge in [-0.05, 0) is 76.9 Å². The third-order valence-electron chi connectivity index (χ3n) is 4.35. The van der Waals surface area contributed by atoms with Gasteiger partial charge in [-0.1, -0.05) is 11.6 Å². The largest absolute Gasteiger partial charge is 0.494 e. The van der Waals surface area contributed by atoms with Gasteiger partial charge < -0.3 is 10.5 Å². The molecule has 21 heavy (non-hydrogen) atoms. The van der Waals surface area contributed by atoms with Crippen LogP contribution in [0, 0.1) is 13.8 Å². The minimum Gasteiger partial charge on any atom is -0.494 e. The maximum absolute atomic E-state index is 6.50. The van der Waals surface area contributed by atoms with Gasteiger partial charge in [-0.2, -0.15) is 0 Å². The lowest BCUT2D eigenvalue weighted by Crippen LogP contribution is -2.28. The fraction of sp³-hybridized carbons (Fsp3) is 0.647. The second-order valence-electron chi connectivity index (χ2n) is 5.81. The van der Waals surface area contributed by atoms with E-state index in [0.717, 1.165) is 41.4 Å². The molecule has 118 valence electrons. The maximum Gasteiger partial charge on any atom is 0.124 e. The van der Waals surface area contributed by atoms with Gasteiger partial charge in [0, 0.05) is 16.6 Å². The monoisotopic (exact) mass is 310 g/mol. The molecule has 1 aliphatic rings. The zero-order valence-corrected chi connectivity index (χ0v) is 14.2. The third-order valence-corrected chi connectivity index (χ3v) is 4.93. The molecule has 0 radical (unpaired) electrons. The van der Waals surface area contributed by atoms with Gasteiger partial charge >= 0.3 is 0 Å². The Kier molecular flexibility index (Phi) is 5.91. The molecule has 2 N–H and O–H groups in total. The summed E-state index contributed by atoms with van der Waals surface area (Å²) >= 11 is 6.50. The summed E-state index contributed by atoms with van der Waals surface area (Å²) in [4.78, 5) is 2.53. The number of nitrogens with zero attached hydrogens (tertiary/aromatic N) is 1. The average molecular weight is 311 g/mol. The van der Waals surface area contributed by atoms with Gasteiger partial charge in [-0.25, -0.2) is 0 Å². The number of likely N-dealkylation sites (tertiary alicyclic amines) is 1. The summed E-state index contributed by atoms with van der Waals surface area (Å²) in [6, 6.07) is 2.39. The first-order chi connectivity index (χ1) is 10.1. The number of ether oxygens (including phenoxy) is 1. The van der Waals surface area contributed by atoms with Crippen molar-refractivity contribution in [3.8, 4) is 5.75 Å². The van der Waals surface area contributed by atoms with Gasteiger partial charge in [-0.3, -0.25) is 4.90 Å². The van der Waals surface area contributed by atoms with Crippen molar-refractivity contribution < 1.29 is 4.74 Å². The van der Waals surface area contributed by atoms with Gasteiger partial charge in [0.25, 0.3) is 0 Å². The zero-order valence-electron chi connectivity index (χ0n) is 13.4. The van der Waals surface area contributed by atoms with E-state index in [0.29, 0.717) is 19.2 Å². The number of aryl methyl sites for hydroxylation is 1. The summed E-state index contributed by atoms with van der Waals surface area (Å²) in [6.07, 6.45) is 3.48. The van der Waals surface area contributed by atoms with Crippen molar-refractivity contribution in [2.45, 2.75) is 46.1 Å². The molecule has 1 saturated heterocycles. The van der Waals surface area contributed by atoms with Crippen molar-refractivity contribution in [1.29, 1.82) is 0 Å². The fourth-order valence-corrected chi connectivity index (χ4v) is 3.50. The minimum absolute atomic E-state index is 0.317. The first-order valence-electron chi connectivity index (χ1n) is 7.96. The van der Waals surface area contributed by atoms with Gasteiger partial charge in [0.1, 0.15) is 5.75 Å². The van der Waals surface area contributed by atoms with Crippen LogP contribution in [0.2, 0.25) is 5.02 Å². The van der Waals surface area contributed by atoms with Gasteiger partial charge in [0.2, 0.25) is 0 Å². The second kappa shape index (κ2) is 7.48. The Morgan fingerprint density at radius 2 is 2.00 bits per heavy atom. The van der Waals surface area contributed by atoms with E-state index in [4.69, 9.17) is 22.1 Å². The van der Waals surface area contributed by atoms with Crippen LogP contribution in [0.5, 0.6) is 5.75 Å². The molecule has 1 unspecified atom stereocenters. The summed E-state index contributed by atoms with van der Waals surface area (Å²) in [5.74, 6) is 0.974. The van der Waals surface area contributed by atoms with Crippen molar-refractivity contribution in [1.82, 2.24) is 4.90 Å². The van der Waals surface area contributed by atoms with Gasteiger partial charge in [-0.15, -0.1) is 0 Å². The van der Waals surface area contributed by atoms with Crippen molar-refractivity contribution in [3.63, 3.8) is 0 Å². The smallest absolute Gasteiger partial charge is 0.124 e. The average Bonchev–Trinajstić information content (AvgIpc) is 2.98. The molecular weight excluding hydrogens is 284 g/mol. The van der Waals surface area contributed by atoms with E-state index in [1.807, 2.05) is 13.8 Å². The molecule has 0 aromatic heterocycles. The van der Waals surface area contributed by atoms with E-state index >= 15 is 0 Å². The van der Waals surface area contributed by atoms with E-state index in [2.05, 4.69) is 17.9 Å². The van der Waals surface area contributed by atoms with Crippen LogP contribution in [0.15, 0.2) is 6.07 Å². The van der Waals surface area contributed by atoms with Crippen molar-refractivity contribution >= 4 is 11.6 Å². The van der Waals surface area contributed by atoms with Crippen LogP contribution in [0.25, 0.3) is 0 Å². The lowest BCUT2D eigenvalue weighted by Gasteiger charge is -2.31. The number of rotatable bonds is 6. The van der Waals surface area contributed by atoms with Crippen LogP contribution in [-0.2, 0) is 0 Å². The number of benzene rings is 1. The number of hydrogen-bond donors (Lipinski definition) is 1. The molecule has 1 heterocycles. The van der Waals surface area contributed by atoms with Crippen LogP contribution in [-0.4, -0.2) is 31.1 Å². The second-order valence-corrected chi connectivity index (χ2v) is 6.19. The van der Waals surface area contributed by atoms with E-state index in [-0.39, 0.29) is 0 Å². The normalized spacial score (nSPS) is 17.2. The van der Waals surface area contributed by atoms with Crippen molar-refractivity contribution in [2.75, 3.05) is 26.2 Å². The van der Waals surface area contributed by atoms with Crippen LogP contribution in [0.3, 0.4) is 0 Å². The molecular formula is C17H27ClN2O. The van der Waals surface area contributed by atoms with Crippen LogP contribution >= 0.6 is 11.6 Å². The van der Waals surface area contributed by atoms with Crippen LogP contribution in [0.4, 0.5) is 0 Å². The van der Waals surface area contributed by atoms with E-state index < -0.39 is 0 Å². The molecule has 4 heteroatoms. The summed E-state index contributed by atoms with van der Waals surface area (Å²) in [5, 5.41) is 0.856. The first-order valence-corrected chi connectivity index (χ1v) is 8.34. The highest BCUT2D eigenvalue weighted by Gasteiger charge is 2.28. The molecule has 1 fully saturated rings. The highest BCUT2D eigenvalue weighted by molar-refractivity contribution is 6.32. The van der Waals surface area contributed by atoms with Crippen molar-refractivity contribution in [3.05, 3.63) is 27.8 Å². The molecule has 1 aliphatic heterocycles. The molecule has 1 aromatic rings. The standard InChI is InChI=1S/C17H27ClN2O/c1-4-21-15-11-12(2)17(18)13(3)16(15)14(7-8-19)20-9-5-6-10-20/h11,14H,4-10,19H2,1-3H3. The Morgan fingerprint density at radius 3 is 2.57 bits per heavy atom. The predicted molar refractivity (Wildman–Crippen MR) is 89.3 cm³/mol. The molecule has 0 saturated carbocycles. The number of halogens is 1. The molecule has 0 spiro atoms. The molecule has 3 nitrogen and oxygen atoms in total. The molecule has 1 aromatic carbocycles. The highest BCUT2D eigenvalue weighted by Crippen LogP contribution is 2.40. The van der Waals surface area contributed by atoms with Crippen molar-refractivity contribution in [2.24, 2.45) is 5.73 Å². The lowest BCUT2D eigenvalue weighted by atomic mass is 9.94. The molecule has 0 aliphatic carbocycles. The molecule has 1 atom stereocenters. The highest BCUT2D eigenvalue weighted by atomic mass is 35.5. The lowest BCUT2D eigenvalue weighted by molar-refractivity contribution is 0.226. The SMILES string of the molecule is CCOc1cc(C)c(Cl)c(C)c1C(CCN)N1CCCC1. The summed E-state index contributed by atoms with van der Waals surface area (Å²) in [7, 11) is 0. The quantitative estimate of drug-likeness (QED) is 0.867. The molecule has 0 amide bonds. The van der Waals surface area contributed by atoms with E-state index in [1.54, 1.807) is 0 Å². The minimum atomic E-state index is 0.317. The first kappa shape index (κ1) is 16.6. The maximum atomic E-state index is 6.50. The predicted octanol–water partition coefficient (Wildman–Crippen LogP) is 3.84. The van der Waals surface area contributed by atoms with Gasteiger partial charge in [0.05, 0.1) is 6.61 Å². The summed E-state index contributed by atoms with van der Waals surface area (Å²) < 4.78 is 5.91. The summed E-state index contributed by atoms with van der Waals surface area (Å²) in [5.41, 5.74) is 9.33. The number of nitrogens with two attached hydrogens (primary N) is 1. The topological polar surface area (TPSA) is 38.5 Å². The third kappa shape index (κ3) is 3.53. The zero-order chi connectivity index (χ0) is 15.4. The Morgan fingerprint density at radius 1 is 1.33 bits per heavy atom. The van der Waals surface area contributed by atoms with Crippen LogP contribution < -0.4 is 10.5 Å². The van der Waals surface area contributed by atoms with E-state index in [1.165, 1.54) is 18.4 Å². The molecule has 0 bridgehead atoms. The van der Waals surface area contributed by atoms with Crippen LogP contribution in [0.1, 0.15) is 48.9 Å². The van der Waals surface area contributed by atoms with E-state index in [9.17, 15) is 0 Å². The molecule has 2 rings (SSSR count). The Bertz CT molecular complexity index is 484. The fourth-order valence-electron chi connectivity index (χ4n) is 3.35.